The number of carbonyl (C=O) groups excluding carboxylic acids is 1. The second-order valence-corrected chi connectivity index (χ2v) is 8.44. The molecule has 0 spiro atoms. The fourth-order valence-corrected chi connectivity index (χ4v) is 4.49. The number of aromatic nitrogens is 3. The van der Waals surface area contributed by atoms with Crippen LogP contribution in [0.3, 0.4) is 0 Å². The summed E-state index contributed by atoms with van der Waals surface area (Å²) in [6.45, 7) is 2.43. The first-order valence-electron chi connectivity index (χ1n) is 10.3. The van der Waals surface area contributed by atoms with Crippen molar-refractivity contribution in [1.82, 2.24) is 20.3 Å². The van der Waals surface area contributed by atoms with Crippen molar-refractivity contribution in [2.75, 3.05) is 11.9 Å². The lowest BCUT2D eigenvalue weighted by molar-refractivity contribution is 0.0920. The highest BCUT2D eigenvalue weighted by Gasteiger charge is 2.38. The number of furan rings is 1. The monoisotopic (exact) mass is 471 g/mol. The zero-order valence-corrected chi connectivity index (χ0v) is 17.9. The summed E-state index contributed by atoms with van der Waals surface area (Å²) in [4.78, 5) is 24.8. The first-order chi connectivity index (χ1) is 15.9. The molecule has 0 saturated heterocycles. The molecule has 2 aliphatic rings. The Morgan fingerprint density at radius 2 is 2.03 bits per heavy atom. The molecular formula is C22H16ClF2N5O3. The van der Waals surface area contributed by atoms with Gasteiger partial charge in [-0.1, -0.05) is 0 Å². The second kappa shape index (κ2) is 7.24. The van der Waals surface area contributed by atoms with Crippen LogP contribution >= 0.6 is 11.6 Å². The van der Waals surface area contributed by atoms with Gasteiger partial charge in [0.15, 0.2) is 6.17 Å². The van der Waals surface area contributed by atoms with Crippen LogP contribution in [0.5, 0.6) is 11.8 Å². The normalized spacial score (nSPS) is 21.9. The Hall–Kier alpha value is -3.53. The standard InChI is InChI=1S/C22H16ClF2N5O3/c1-8-7-26-18-15-9-2-5-14(28-11(9)3-4-13(15)32-19(18)20(31)27-8)33-21-16-12(29-22(23)30-21)6-10(24)17(16)25/h2-5,8,10,17,26H,6-7H2,1H3,(H,27,31)/t8-,10-,17+/m1/s1. The molecular weight excluding hydrogens is 456 g/mol. The maximum Gasteiger partial charge on any atom is 0.289 e. The molecule has 4 heterocycles. The van der Waals surface area contributed by atoms with Crippen LogP contribution in [0.4, 0.5) is 14.5 Å². The summed E-state index contributed by atoms with van der Waals surface area (Å²) in [5.41, 5.74) is 1.83. The van der Waals surface area contributed by atoms with Crippen molar-refractivity contribution < 1.29 is 22.7 Å². The summed E-state index contributed by atoms with van der Waals surface area (Å²) in [5.74, 6) is -0.110. The van der Waals surface area contributed by atoms with Gasteiger partial charge in [-0.2, -0.15) is 4.98 Å². The molecule has 2 N–H and O–H groups in total. The molecule has 168 valence electrons. The Morgan fingerprint density at radius 1 is 1.18 bits per heavy atom. The van der Waals surface area contributed by atoms with Crippen molar-refractivity contribution in [3.8, 4) is 11.8 Å². The Labute approximate surface area is 190 Å². The zero-order chi connectivity index (χ0) is 22.9. The van der Waals surface area contributed by atoms with Crippen LogP contribution in [-0.2, 0) is 6.42 Å². The summed E-state index contributed by atoms with van der Waals surface area (Å²) in [7, 11) is 0. The summed E-state index contributed by atoms with van der Waals surface area (Å²) in [5, 5.41) is 7.43. The Morgan fingerprint density at radius 3 is 2.88 bits per heavy atom. The number of benzene rings is 1. The van der Waals surface area contributed by atoms with E-state index < -0.39 is 12.3 Å². The molecule has 1 amide bonds. The van der Waals surface area contributed by atoms with Crippen LogP contribution in [0.1, 0.15) is 34.9 Å². The van der Waals surface area contributed by atoms with Crippen LogP contribution < -0.4 is 15.4 Å². The number of hydrogen-bond donors (Lipinski definition) is 2. The van der Waals surface area contributed by atoms with Crippen LogP contribution in [0, 0.1) is 0 Å². The highest BCUT2D eigenvalue weighted by molar-refractivity contribution is 6.28. The molecule has 1 aliphatic carbocycles. The topological polar surface area (TPSA) is 102 Å². The molecule has 4 aromatic rings. The molecule has 0 fully saturated rings. The van der Waals surface area contributed by atoms with Crippen molar-refractivity contribution in [2.24, 2.45) is 0 Å². The number of rotatable bonds is 2. The Kier molecular flexibility index (Phi) is 4.41. The van der Waals surface area contributed by atoms with Crippen LogP contribution in [0.2, 0.25) is 5.28 Å². The summed E-state index contributed by atoms with van der Waals surface area (Å²) in [6.07, 6.45) is -3.81. The minimum atomic E-state index is -1.90. The minimum absolute atomic E-state index is 0.0475. The molecule has 6 rings (SSSR count). The lowest BCUT2D eigenvalue weighted by Gasteiger charge is -2.11. The maximum absolute atomic E-state index is 14.4. The lowest BCUT2D eigenvalue weighted by Crippen LogP contribution is -2.34. The number of ether oxygens (including phenoxy) is 1. The molecule has 11 heteroatoms. The van der Waals surface area contributed by atoms with Gasteiger partial charge in [0.2, 0.25) is 22.8 Å². The fourth-order valence-electron chi connectivity index (χ4n) is 4.31. The zero-order valence-electron chi connectivity index (χ0n) is 17.2. The van der Waals surface area contributed by atoms with Gasteiger partial charge in [0.05, 0.1) is 27.8 Å². The van der Waals surface area contributed by atoms with E-state index in [1.165, 1.54) is 0 Å². The molecule has 1 aliphatic heterocycles. The predicted molar refractivity (Wildman–Crippen MR) is 116 cm³/mol. The van der Waals surface area contributed by atoms with E-state index in [-0.39, 0.29) is 52.4 Å². The number of hydrogen-bond acceptors (Lipinski definition) is 7. The number of pyridine rings is 1. The lowest BCUT2D eigenvalue weighted by atomic mass is 10.1. The van der Waals surface area contributed by atoms with Crippen molar-refractivity contribution >= 4 is 45.1 Å². The van der Waals surface area contributed by atoms with E-state index in [0.717, 1.165) is 10.8 Å². The van der Waals surface area contributed by atoms with Gasteiger partial charge in [0.25, 0.3) is 5.91 Å². The summed E-state index contributed by atoms with van der Waals surface area (Å²) in [6, 6.07) is 6.72. The Bertz CT molecular complexity index is 1460. The molecule has 33 heavy (non-hydrogen) atoms. The Balaban J connectivity index is 1.44. The van der Waals surface area contributed by atoms with E-state index in [4.69, 9.17) is 20.8 Å². The summed E-state index contributed by atoms with van der Waals surface area (Å²) < 4.78 is 39.8. The largest absolute Gasteiger partial charge is 0.449 e. The van der Waals surface area contributed by atoms with E-state index in [2.05, 4.69) is 25.6 Å². The van der Waals surface area contributed by atoms with Gasteiger partial charge in [-0.15, -0.1) is 0 Å². The van der Waals surface area contributed by atoms with Crippen LogP contribution in [0.25, 0.3) is 21.9 Å². The number of alkyl halides is 2. The van der Waals surface area contributed by atoms with E-state index in [9.17, 15) is 13.6 Å². The highest BCUT2D eigenvalue weighted by Crippen LogP contribution is 2.42. The molecule has 8 nitrogen and oxygen atoms in total. The van der Waals surface area contributed by atoms with Crippen molar-refractivity contribution in [3.63, 3.8) is 0 Å². The van der Waals surface area contributed by atoms with Gasteiger partial charge < -0.3 is 19.8 Å². The minimum Gasteiger partial charge on any atom is -0.449 e. The summed E-state index contributed by atoms with van der Waals surface area (Å²) >= 11 is 5.92. The average molecular weight is 472 g/mol. The third-order valence-electron chi connectivity index (χ3n) is 5.81. The molecule has 3 atom stereocenters. The van der Waals surface area contributed by atoms with E-state index in [1.54, 1.807) is 24.3 Å². The van der Waals surface area contributed by atoms with Gasteiger partial charge in [0, 0.05) is 30.5 Å². The molecule has 0 unspecified atom stereocenters. The average Bonchev–Trinajstić information content (AvgIpc) is 3.24. The van der Waals surface area contributed by atoms with Gasteiger partial charge in [-0.3, -0.25) is 4.79 Å². The van der Waals surface area contributed by atoms with E-state index in [1.807, 2.05) is 6.92 Å². The number of carbonyl (C=O) groups is 1. The number of anilines is 1. The van der Waals surface area contributed by atoms with E-state index >= 15 is 0 Å². The van der Waals surface area contributed by atoms with Gasteiger partial charge >= 0.3 is 0 Å². The predicted octanol–water partition coefficient (Wildman–Crippen LogP) is 4.67. The van der Waals surface area contributed by atoms with Crippen molar-refractivity contribution in [3.05, 3.63) is 46.6 Å². The third kappa shape index (κ3) is 3.16. The highest BCUT2D eigenvalue weighted by atomic mass is 35.5. The number of amides is 1. The second-order valence-electron chi connectivity index (χ2n) is 8.10. The molecule has 3 aromatic heterocycles. The van der Waals surface area contributed by atoms with Crippen LogP contribution in [-0.4, -0.2) is 39.6 Å². The van der Waals surface area contributed by atoms with Gasteiger partial charge in [-0.05, 0) is 36.7 Å². The first-order valence-corrected chi connectivity index (χ1v) is 10.7. The van der Waals surface area contributed by atoms with Crippen LogP contribution in [0.15, 0.2) is 28.7 Å². The number of halogens is 3. The molecule has 1 aromatic carbocycles. The van der Waals surface area contributed by atoms with E-state index in [0.29, 0.717) is 23.3 Å². The first kappa shape index (κ1) is 20.1. The maximum atomic E-state index is 14.4. The SMILES string of the molecule is C[C@@H]1CNc2c(oc3ccc4nc(Oc5nc(Cl)nc6c5[C@@H](F)[C@H](F)C6)ccc4c23)C(=O)N1. The molecule has 0 radical (unpaired) electrons. The molecule has 0 saturated carbocycles. The van der Waals surface area contributed by atoms with Crippen molar-refractivity contribution in [2.45, 2.75) is 31.7 Å². The van der Waals surface area contributed by atoms with Gasteiger partial charge in [-0.25, -0.2) is 18.7 Å². The third-order valence-corrected chi connectivity index (χ3v) is 5.98. The molecule has 0 bridgehead atoms. The van der Waals surface area contributed by atoms with Gasteiger partial charge in [0.1, 0.15) is 11.8 Å². The number of nitrogens with zero attached hydrogens (tertiary/aromatic N) is 3. The smallest absolute Gasteiger partial charge is 0.289 e. The fraction of sp³-hybridized carbons (Fsp3) is 0.273. The number of fused-ring (bicyclic) bond motifs is 6. The van der Waals surface area contributed by atoms with Crippen molar-refractivity contribution in [1.29, 1.82) is 0 Å². The quantitative estimate of drug-likeness (QED) is 0.410. The number of nitrogens with one attached hydrogen (secondary N) is 2.